The highest BCUT2D eigenvalue weighted by molar-refractivity contribution is 7.81. The molecule has 0 bridgehead atoms. The number of hydrogen-bond acceptors (Lipinski definition) is 4. The number of carbonyl (C=O) groups excluding carboxylic acids is 1. The summed E-state index contributed by atoms with van der Waals surface area (Å²) in [7, 11) is 0. The van der Waals surface area contributed by atoms with E-state index in [1.165, 1.54) is 6.07 Å². The molecule has 0 aliphatic heterocycles. The Hall–Kier alpha value is -1.56. The molecule has 1 aromatic rings. The first-order valence-corrected chi connectivity index (χ1v) is 6.55. The van der Waals surface area contributed by atoms with Crippen LogP contribution < -0.4 is 5.32 Å². The molecule has 0 saturated carbocycles. The van der Waals surface area contributed by atoms with Crippen molar-refractivity contribution in [2.24, 2.45) is 5.92 Å². The Morgan fingerprint density at radius 1 is 1.47 bits per heavy atom. The highest BCUT2D eigenvalue weighted by Crippen LogP contribution is 2.21. The maximum atomic E-state index is 11.8. The molecule has 1 unspecified atom stereocenters. The molecule has 0 radical (unpaired) electrons. The molecule has 0 aliphatic rings. The van der Waals surface area contributed by atoms with Crippen molar-refractivity contribution in [2.45, 2.75) is 32.6 Å². The van der Waals surface area contributed by atoms with Crippen molar-refractivity contribution < 1.29 is 9.72 Å². The number of amides is 1. The van der Waals surface area contributed by atoms with Crippen LogP contribution in [0.15, 0.2) is 18.2 Å². The summed E-state index contributed by atoms with van der Waals surface area (Å²) in [5.74, 6) is -0.0289. The second kappa shape index (κ2) is 6.56. The normalized spacial score (nSPS) is 12.3. The van der Waals surface area contributed by atoms with Gasteiger partial charge in [0.15, 0.2) is 0 Å². The molecule has 19 heavy (non-hydrogen) atoms. The molecule has 1 aromatic carbocycles. The van der Waals surface area contributed by atoms with Crippen LogP contribution in [0.25, 0.3) is 0 Å². The summed E-state index contributed by atoms with van der Waals surface area (Å²) in [5, 5.41) is 13.2. The van der Waals surface area contributed by atoms with Gasteiger partial charge >= 0.3 is 0 Å². The van der Waals surface area contributed by atoms with Crippen molar-refractivity contribution in [3.63, 3.8) is 0 Å². The number of benzene rings is 1. The van der Waals surface area contributed by atoms with Gasteiger partial charge in [0.2, 0.25) is 5.91 Å². The predicted molar refractivity (Wildman–Crippen MR) is 77.3 cm³/mol. The molecule has 0 aromatic heterocycles. The van der Waals surface area contributed by atoms with E-state index in [4.69, 9.17) is 0 Å². The molecule has 104 valence electrons. The van der Waals surface area contributed by atoms with Crippen LogP contribution in [0.1, 0.15) is 25.0 Å². The molecule has 0 fully saturated rings. The maximum absolute atomic E-state index is 11.8. The van der Waals surface area contributed by atoms with Crippen molar-refractivity contribution in [1.82, 2.24) is 5.32 Å². The van der Waals surface area contributed by atoms with E-state index in [-0.39, 0.29) is 29.3 Å². The topological polar surface area (TPSA) is 72.2 Å². The van der Waals surface area contributed by atoms with Crippen LogP contribution >= 0.6 is 12.6 Å². The van der Waals surface area contributed by atoms with Crippen molar-refractivity contribution in [1.29, 1.82) is 0 Å². The molecule has 0 heterocycles. The lowest BCUT2D eigenvalue weighted by molar-refractivity contribution is -0.385. The molecule has 1 rings (SSSR count). The highest BCUT2D eigenvalue weighted by atomic mass is 32.1. The SMILES string of the molecule is Cc1c(CNC(=O)C(S)C(C)C)cccc1[N+](=O)[O-]. The molecule has 1 amide bonds. The fourth-order valence-corrected chi connectivity index (χ4v) is 1.74. The number of carbonyl (C=O) groups is 1. The van der Waals surface area contributed by atoms with Gasteiger partial charge in [-0.3, -0.25) is 14.9 Å². The van der Waals surface area contributed by atoms with Crippen molar-refractivity contribution in [3.8, 4) is 0 Å². The van der Waals surface area contributed by atoms with E-state index >= 15 is 0 Å². The fraction of sp³-hybridized carbons (Fsp3) is 0.462. The van der Waals surface area contributed by atoms with Gasteiger partial charge in [-0.25, -0.2) is 0 Å². The van der Waals surface area contributed by atoms with Crippen LogP contribution in [0, 0.1) is 23.0 Å². The van der Waals surface area contributed by atoms with Gasteiger partial charge in [0.1, 0.15) is 0 Å². The number of nitro benzene ring substituents is 1. The first kappa shape index (κ1) is 15.5. The average Bonchev–Trinajstić information content (AvgIpc) is 2.35. The number of nitro groups is 1. The van der Waals surface area contributed by atoms with E-state index < -0.39 is 4.92 Å². The van der Waals surface area contributed by atoms with Crippen molar-refractivity contribution in [2.75, 3.05) is 0 Å². The van der Waals surface area contributed by atoms with Crippen LogP contribution in [-0.4, -0.2) is 16.1 Å². The lowest BCUT2D eigenvalue weighted by Gasteiger charge is -2.15. The Kier molecular flexibility index (Phi) is 5.35. The Morgan fingerprint density at radius 2 is 2.11 bits per heavy atom. The van der Waals surface area contributed by atoms with Crippen LogP contribution in [0.4, 0.5) is 5.69 Å². The number of nitrogens with zero attached hydrogens (tertiary/aromatic N) is 1. The van der Waals surface area contributed by atoms with Crippen molar-refractivity contribution >= 4 is 24.2 Å². The van der Waals surface area contributed by atoms with E-state index in [1.54, 1.807) is 19.1 Å². The third-order valence-corrected chi connectivity index (χ3v) is 3.80. The molecule has 5 nitrogen and oxygen atoms in total. The van der Waals surface area contributed by atoms with Gasteiger partial charge in [-0.1, -0.05) is 26.0 Å². The number of thiol groups is 1. The lowest BCUT2D eigenvalue weighted by Crippen LogP contribution is -2.34. The van der Waals surface area contributed by atoms with Crippen LogP contribution in [0.2, 0.25) is 0 Å². The molecule has 0 aliphatic carbocycles. The quantitative estimate of drug-likeness (QED) is 0.495. The Balaban J connectivity index is 2.76. The Morgan fingerprint density at radius 3 is 2.63 bits per heavy atom. The molecule has 0 spiro atoms. The minimum Gasteiger partial charge on any atom is -0.351 e. The first-order chi connectivity index (χ1) is 8.84. The monoisotopic (exact) mass is 282 g/mol. The zero-order chi connectivity index (χ0) is 14.6. The summed E-state index contributed by atoms with van der Waals surface area (Å²) in [6.45, 7) is 5.78. The van der Waals surface area contributed by atoms with Gasteiger partial charge in [-0.2, -0.15) is 12.6 Å². The highest BCUT2D eigenvalue weighted by Gasteiger charge is 2.18. The summed E-state index contributed by atoms with van der Waals surface area (Å²) in [4.78, 5) is 22.2. The van der Waals surface area contributed by atoms with Gasteiger partial charge in [-0.05, 0) is 18.4 Å². The van der Waals surface area contributed by atoms with E-state index in [0.29, 0.717) is 5.56 Å². The molecule has 1 atom stereocenters. The first-order valence-electron chi connectivity index (χ1n) is 6.03. The van der Waals surface area contributed by atoms with Gasteiger partial charge in [0.05, 0.1) is 10.2 Å². The van der Waals surface area contributed by atoms with E-state index in [1.807, 2.05) is 13.8 Å². The predicted octanol–water partition coefficient (Wildman–Crippen LogP) is 2.47. The van der Waals surface area contributed by atoms with Gasteiger partial charge in [0.25, 0.3) is 5.69 Å². The Bertz CT molecular complexity index is 489. The van der Waals surface area contributed by atoms with Gasteiger partial charge < -0.3 is 5.32 Å². The molecular weight excluding hydrogens is 264 g/mol. The summed E-state index contributed by atoms with van der Waals surface area (Å²) >= 11 is 4.22. The largest absolute Gasteiger partial charge is 0.351 e. The molecular formula is C13H18N2O3S. The zero-order valence-corrected chi connectivity index (χ0v) is 12.1. The summed E-state index contributed by atoms with van der Waals surface area (Å²) < 4.78 is 0. The second-order valence-electron chi connectivity index (χ2n) is 4.73. The molecule has 6 heteroatoms. The molecule has 0 saturated heterocycles. The van der Waals surface area contributed by atoms with Crippen LogP contribution in [0.5, 0.6) is 0 Å². The van der Waals surface area contributed by atoms with E-state index in [2.05, 4.69) is 17.9 Å². The smallest absolute Gasteiger partial charge is 0.272 e. The maximum Gasteiger partial charge on any atom is 0.272 e. The van der Waals surface area contributed by atoms with Gasteiger partial charge in [-0.15, -0.1) is 0 Å². The third kappa shape index (κ3) is 3.96. The van der Waals surface area contributed by atoms with E-state index in [9.17, 15) is 14.9 Å². The number of rotatable bonds is 5. The number of nitrogens with one attached hydrogen (secondary N) is 1. The van der Waals surface area contributed by atoms with Crippen LogP contribution in [-0.2, 0) is 11.3 Å². The van der Waals surface area contributed by atoms with Gasteiger partial charge in [0, 0.05) is 18.2 Å². The zero-order valence-electron chi connectivity index (χ0n) is 11.2. The second-order valence-corrected chi connectivity index (χ2v) is 5.28. The molecule has 1 N–H and O–H groups in total. The van der Waals surface area contributed by atoms with E-state index in [0.717, 1.165) is 5.56 Å². The lowest BCUT2D eigenvalue weighted by atomic mass is 10.1. The van der Waals surface area contributed by atoms with Crippen LogP contribution in [0.3, 0.4) is 0 Å². The Labute approximate surface area is 118 Å². The minimum absolute atomic E-state index is 0.0676. The standard InChI is InChI=1S/C13H18N2O3S/c1-8(2)12(19)13(16)14-7-10-5-4-6-11(9(10)3)15(17)18/h4-6,8,12,19H,7H2,1-3H3,(H,14,16). The summed E-state index contributed by atoms with van der Waals surface area (Å²) in [5.41, 5.74) is 1.39. The fourth-order valence-electron chi connectivity index (χ4n) is 1.65. The summed E-state index contributed by atoms with van der Waals surface area (Å²) in [6.07, 6.45) is 0. The number of hydrogen-bond donors (Lipinski definition) is 2. The minimum atomic E-state index is -0.420. The summed E-state index contributed by atoms with van der Waals surface area (Å²) in [6, 6.07) is 4.84. The average molecular weight is 282 g/mol. The third-order valence-electron chi connectivity index (χ3n) is 2.97. The van der Waals surface area contributed by atoms with Crippen molar-refractivity contribution in [3.05, 3.63) is 39.4 Å².